The average molecular weight is 317 g/mol. The number of benzene rings is 2. The fourth-order valence-corrected chi connectivity index (χ4v) is 2.49. The number of rotatable bonds is 5. The Kier molecular flexibility index (Phi) is 5.17. The number of hydrogen-bond acceptors (Lipinski definition) is 2. The van der Waals surface area contributed by atoms with E-state index in [-0.39, 0.29) is 22.4 Å². The first-order valence-corrected chi connectivity index (χ1v) is 7.36. The Morgan fingerprint density at radius 1 is 1.18 bits per heavy atom. The van der Waals surface area contributed by atoms with E-state index in [1.54, 1.807) is 12.1 Å². The lowest BCUT2D eigenvalue weighted by atomic mass is 9.95. The minimum atomic E-state index is -0.629. The highest BCUT2D eigenvalue weighted by Gasteiger charge is 2.19. The molecule has 0 saturated heterocycles. The van der Waals surface area contributed by atoms with Gasteiger partial charge in [-0.2, -0.15) is 0 Å². The lowest BCUT2D eigenvalue weighted by molar-refractivity contribution is -0.117. The van der Waals surface area contributed by atoms with Crippen LogP contribution in [-0.2, 0) is 4.79 Å². The quantitative estimate of drug-likeness (QED) is 0.885. The third-order valence-corrected chi connectivity index (χ3v) is 3.76. The Bertz CT molecular complexity index is 686. The van der Waals surface area contributed by atoms with E-state index in [1.165, 1.54) is 6.07 Å². The molecule has 0 unspecified atom stereocenters. The van der Waals surface area contributed by atoms with E-state index in [0.717, 1.165) is 5.56 Å². The molecule has 0 aromatic heterocycles. The van der Waals surface area contributed by atoms with Gasteiger partial charge < -0.3 is 11.1 Å². The monoisotopic (exact) mass is 316 g/mol. The van der Waals surface area contributed by atoms with Crippen LogP contribution in [0, 0.1) is 0 Å². The second-order valence-electron chi connectivity index (χ2n) is 4.92. The van der Waals surface area contributed by atoms with Crippen LogP contribution < -0.4 is 11.1 Å². The largest absolute Gasteiger partial charge is 0.366 e. The van der Waals surface area contributed by atoms with Crippen molar-refractivity contribution in [3.63, 3.8) is 0 Å². The van der Waals surface area contributed by atoms with E-state index in [0.29, 0.717) is 12.1 Å². The van der Waals surface area contributed by atoms with Crippen molar-refractivity contribution < 1.29 is 9.59 Å². The molecule has 0 aliphatic heterocycles. The van der Waals surface area contributed by atoms with Crippen molar-refractivity contribution >= 4 is 29.1 Å². The molecule has 114 valence electrons. The van der Waals surface area contributed by atoms with Crippen molar-refractivity contribution in [1.29, 1.82) is 0 Å². The molecule has 2 aromatic rings. The normalized spacial score (nSPS) is 11.7. The standard InChI is InChI=1S/C17H17ClN2O2/c1-2-13(11-6-4-3-5-7-11)17(22)20-12-8-9-15(18)14(10-12)16(19)21/h3-10,13H,2H2,1H3,(H2,19,21)(H,20,22)/t13-/m0/s1. The molecule has 0 aliphatic rings. The molecule has 3 N–H and O–H groups in total. The predicted molar refractivity (Wildman–Crippen MR) is 88.1 cm³/mol. The second kappa shape index (κ2) is 7.09. The van der Waals surface area contributed by atoms with Crippen LogP contribution in [0.3, 0.4) is 0 Å². The molecule has 0 spiro atoms. The smallest absolute Gasteiger partial charge is 0.250 e. The fraction of sp³-hybridized carbons (Fsp3) is 0.176. The number of nitrogens with two attached hydrogens (primary N) is 1. The summed E-state index contributed by atoms with van der Waals surface area (Å²) >= 11 is 5.90. The first kappa shape index (κ1) is 16.0. The lowest BCUT2D eigenvalue weighted by Gasteiger charge is -2.16. The van der Waals surface area contributed by atoms with Gasteiger partial charge in [0, 0.05) is 5.69 Å². The van der Waals surface area contributed by atoms with Crippen molar-refractivity contribution in [2.24, 2.45) is 5.73 Å². The summed E-state index contributed by atoms with van der Waals surface area (Å²) < 4.78 is 0. The van der Waals surface area contributed by atoms with Gasteiger partial charge in [0.05, 0.1) is 16.5 Å². The molecule has 0 heterocycles. The Morgan fingerprint density at radius 3 is 2.45 bits per heavy atom. The van der Waals surface area contributed by atoms with Crippen LogP contribution in [0.1, 0.15) is 35.2 Å². The first-order chi connectivity index (χ1) is 10.5. The van der Waals surface area contributed by atoms with Crippen molar-refractivity contribution in [1.82, 2.24) is 0 Å². The van der Waals surface area contributed by atoms with Crippen molar-refractivity contribution in [2.45, 2.75) is 19.3 Å². The van der Waals surface area contributed by atoms with Gasteiger partial charge >= 0.3 is 0 Å². The van der Waals surface area contributed by atoms with Crippen LogP contribution in [0.2, 0.25) is 5.02 Å². The SMILES string of the molecule is CC[C@H](C(=O)Nc1ccc(Cl)c(C(N)=O)c1)c1ccccc1. The molecule has 2 rings (SSSR count). The summed E-state index contributed by atoms with van der Waals surface area (Å²) in [6.07, 6.45) is 0.673. The lowest BCUT2D eigenvalue weighted by Crippen LogP contribution is -2.21. The summed E-state index contributed by atoms with van der Waals surface area (Å²) in [5.74, 6) is -1.02. The van der Waals surface area contributed by atoms with E-state index in [9.17, 15) is 9.59 Å². The molecule has 0 fully saturated rings. The van der Waals surface area contributed by atoms with Crippen LogP contribution in [0.25, 0.3) is 0 Å². The van der Waals surface area contributed by atoms with Gasteiger partial charge in [0.2, 0.25) is 11.8 Å². The van der Waals surface area contributed by atoms with E-state index >= 15 is 0 Å². The van der Waals surface area contributed by atoms with Crippen molar-refractivity contribution in [3.05, 3.63) is 64.7 Å². The molecular weight excluding hydrogens is 300 g/mol. The maximum absolute atomic E-state index is 12.4. The highest BCUT2D eigenvalue weighted by atomic mass is 35.5. The number of hydrogen-bond donors (Lipinski definition) is 2. The summed E-state index contributed by atoms with van der Waals surface area (Å²) in [6.45, 7) is 1.95. The van der Waals surface area contributed by atoms with E-state index in [4.69, 9.17) is 17.3 Å². The summed E-state index contributed by atoms with van der Waals surface area (Å²) in [6, 6.07) is 14.2. The fourth-order valence-electron chi connectivity index (χ4n) is 2.28. The number of amides is 2. The molecule has 0 saturated carbocycles. The summed E-state index contributed by atoms with van der Waals surface area (Å²) in [5, 5.41) is 3.07. The number of nitrogens with one attached hydrogen (secondary N) is 1. The Balaban J connectivity index is 2.21. The van der Waals surface area contributed by atoms with Gasteiger partial charge in [0.25, 0.3) is 0 Å². The van der Waals surface area contributed by atoms with E-state index in [1.807, 2.05) is 37.3 Å². The molecule has 4 nitrogen and oxygen atoms in total. The van der Waals surface area contributed by atoms with Crippen LogP contribution in [0.5, 0.6) is 0 Å². The first-order valence-electron chi connectivity index (χ1n) is 6.98. The van der Waals surface area contributed by atoms with Crippen LogP contribution >= 0.6 is 11.6 Å². The summed E-state index contributed by atoms with van der Waals surface area (Å²) in [5.41, 5.74) is 6.89. The molecule has 0 bridgehead atoms. The van der Waals surface area contributed by atoms with Crippen LogP contribution in [0.4, 0.5) is 5.69 Å². The zero-order chi connectivity index (χ0) is 16.1. The minimum absolute atomic E-state index is 0.133. The number of halogens is 1. The molecule has 2 amide bonds. The highest BCUT2D eigenvalue weighted by Crippen LogP contribution is 2.24. The third kappa shape index (κ3) is 3.65. The van der Waals surface area contributed by atoms with Gasteiger partial charge in [-0.1, -0.05) is 48.9 Å². The van der Waals surface area contributed by atoms with Crippen LogP contribution in [-0.4, -0.2) is 11.8 Å². The van der Waals surface area contributed by atoms with Gasteiger partial charge in [0.15, 0.2) is 0 Å². The summed E-state index contributed by atoms with van der Waals surface area (Å²) in [4.78, 5) is 23.7. The maximum atomic E-state index is 12.4. The van der Waals surface area contributed by atoms with E-state index in [2.05, 4.69) is 5.32 Å². The average Bonchev–Trinajstić information content (AvgIpc) is 2.51. The van der Waals surface area contributed by atoms with E-state index < -0.39 is 5.91 Å². The molecule has 2 aromatic carbocycles. The molecule has 22 heavy (non-hydrogen) atoms. The molecular formula is C17H17ClN2O2. The Morgan fingerprint density at radius 2 is 1.86 bits per heavy atom. The zero-order valence-electron chi connectivity index (χ0n) is 12.2. The van der Waals surface area contributed by atoms with Gasteiger partial charge in [-0.25, -0.2) is 0 Å². The second-order valence-corrected chi connectivity index (χ2v) is 5.33. The molecule has 0 aliphatic carbocycles. The predicted octanol–water partition coefficient (Wildman–Crippen LogP) is 3.57. The van der Waals surface area contributed by atoms with Gasteiger partial charge in [0.1, 0.15) is 0 Å². The van der Waals surface area contributed by atoms with Gasteiger partial charge in [-0.05, 0) is 30.2 Å². The molecule has 5 heteroatoms. The van der Waals surface area contributed by atoms with Crippen LogP contribution in [0.15, 0.2) is 48.5 Å². The van der Waals surface area contributed by atoms with Gasteiger partial charge in [-0.3, -0.25) is 9.59 Å². The number of carbonyl (C=O) groups is 2. The minimum Gasteiger partial charge on any atom is -0.366 e. The zero-order valence-corrected chi connectivity index (χ0v) is 12.9. The van der Waals surface area contributed by atoms with Crippen molar-refractivity contribution in [3.8, 4) is 0 Å². The van der Waals surface area contributed by atoms with Gasteiger partial charge in [-0.15, -0.1) is 0 Å². The number of anilines is 1. The Labute approximate surface area is 134 Å². The topological polar surface area (TPSA) is 72.2 Å². The summed E-state index contributed by atoms with van der Waals surface area (Å²) in [7, 11) is 0. The highest BCUT2D eigenvalue weighted by molar-refractivity contribution is 6.34. The maximum Gasteiger partial charge on any atom is 0.250 e. The number of primary amides is 1. The Hall–Kier alpha value is -2.33. The number of carbonyl (C=O) groups excluding carboxylic acids is 2. The van der Waals surface area contributed by atoms with Crippen molar-refractivity contribution in [2.75, 3.05) is 5.32 Å². The third-order valence-electron chi connectivity index (χ3n) is 3.43. The molecule has 0 radical (unpaired) electrons. The molecule has 1 atom stereocenters.